The van der Waals surface area contributed by atoms with Gasteiger partial charge in [0.15, 0.2) is 5.65 Å². The van der Waals surface area contributed by atoms with E-state index in [2.05, 4.69) is 25.7 Å². The van der Waals surface area contributed by atoms with E-state index in [1.165, 1.54) is 12.1 Å². The first kappa shape index (κ1) is 23.8. The molecule has 1 fully saturated rings. The fraction of sp³-hybridized carbons (Fsp3) is 0.321. The van der Waals surface area contributed by atoms with Crippen LogP contribution in [0.15, 0.2) is 60.7 Å². The number of piperazine rings is 1. The van der Waals surface area contributed by atoms with Gasteiger partial charge in [0.25, 0.3) is 5.91 Å². The molecule has 0 spiro atoms. The highest BCUT2D eigenvalue weighted by atomic mass is 19.1. The predicted octanol–water partition coefficient (Wildman–Crippen LogP) is 4.80. The minimum atomic E-state index is -0.316. The number of carbonyl (C=O) groups excluding carboxylic acids is 1. The largest absolute Gasteiger partial charge is 0.495 e. The van der Waals surface area contributed by atoms with Crippen molar-refractivity contribution in [1.82, 2.24) is 19.5 Å². The molecule has 2 aromatic carbocycles. The van der Waals surface area contributed by atoms with Crippen molar-refractivity contribution in [2.45, 2.75) is 26.2 Å². The van der Waals surface area contributed by atoms with Gasteiger partial charge in [-0.15, -0.1) is 0 Å². The first-order chi connectivity index (χ1) is 17.2. The van der Waals surface area contributed by atoms with Gasteiger partial charge < -0.3 is 14.5 Å². The number of hydrogen-bond acceptors (Lipinski definition) is 5. The number of anilines is 1. The zero-order valence-corrected chi connectivity index (χ0v) is 21.0. The van der Waals surface area contributed by atoms with Crippen molar-refractivity contribution in [3.05, 3.63) is 77.9 Å². The van der Waals surface area contributed by atoms with Gasteiger partial charge in [0.2, 0.25) is 0 Å². The SMILES string of the molecule is COc1ccccc1N1CCN(C(=O)c2cc(-c3ccc(F)cc3)nc3cc(C(C)(C)C)nn23)CC1. The van der Waals surface area contributed by atoms with Crippen LogP contribution in [0.3, 0.4) is 0 Å². The Kier molecular flexibility index (Phi) is 6.12. The normalized spacial score (nSPS) is 14.4. The van der Waals surface area contributed by atoms with Gasteiger partial charge in [0.1, 0.15) is 17.3 Å². The first-order valence-electron chi connectivity index (χ1n) is 12.1. The zero-order chi connectivity index (χ0) is 25.4. The Morgan fingerprint density at radius 1 is 0.972 bits per heavy atom. The molecular weight excluding hydrogens is 457 g/mol. The molecule has 1 aliphatic heterocycles. The van der Waals surface area contributed by atoms with Gasteiger partial charge in [-0.05, 0) is 42.5 Å². The number of halogens is 1. The number of carbonyl (C=O) groups is 1. The molecule has 1 aliphatic rings. The third-order valence-electron chi connectivity index (χ3n) is 6.55. The second-order valence-electron chi connectivity index (χ2n) is 10.0. The minimum Gasteiger partial charge on any atom is -0.495 e. The Morgan fingerprint density at radius 3 is 2.33 bits per heavy atom. The molecule has 0 aliphatic carbocycles. The molecule has 0 atom stereocenters. The number of nitrogens with zero attached hydrogens (tertiary/aromatic N) is 5. The maximum Gasteiger partial charge on any atom is 0.272 e. The van der Waals surface area contributed by atoms with Crippen LogP contribution in [0.2, 0.25) is 0 Å². The number of rotatable bonds is 4. The molecule has 0 unspecified atom stereocenters. The van der Waals surface area contributed by atoms with Crippen molar-refractivity contribution in [3.63, 3.8) is 0 Å². The van der Waals surface area contributed by atoms with Crippen LogP contribution in [0, 0.1) is 5.82 Å². The first-order valence-corrected chi connectivity index (χ1v) is 12.1. The molecule has 0 bridgehead atoms. The summed E-state index contributed by atoms with van der Waals surface area (Å²) in [6.07, 6.45) is 0. The Hall–Kier alpha value is -3.94. The summed E-state index contributed by atoms with van der Waals surface area (Å²) in [6.45, 7) is 8.76. The number of benzene rings is 2. The lowest BCUT2D eigenvalue weighted by Gasteiger charge is -2.36. The van der Waals surface area contributed by atoms with E-state index in [4.69, 9.17) is 14.8 Å². The minimum absolute atomic E-state index is 0.103. The van der Waals surface area contributed by atoms with Crippen molar-refractivity contribution in [1.29, 1.82) is 0 Å². The van der Waals surface area contributed by atoms with Crippen LogP contribution in [0.5, 0.6) is 5.75 Å². The van der Waals surface area contributed by atoms with E-state index in [-0.39, 0.29) is 17.1 Å². The number of hydrogen-bond donors (Lipinski definition) is 0. The van der Waals surface area contributed by atoms with Crippen molar-refractivity contribution in [2.75, 3.05) is 38.2 Å². The van der Waals surface area contributed by atoms with Gasteiger partial charge in [-0.25, -0.2) is 13.9 Å². The van der Waals surface area contributed by atoms with Crippen molar-refractivity contribution in [2.24, 2.45) is 0 Å². The van der Waals surface area contributed by atoms with Crippen molar-refractivity contribution in [3.8, 4) is 17.0 Å². The van der Waals surface area contributed by atoms with Crippen LogP contribution >= 0.6 is 0 Å². The summed E-state index contributed by atoms with van der Waals surface area (Å²) >= 11 is 0. The van der Waals surface area contributed by atoms with Gasteiger partial charge in [-0.1, -0.05) is 32.9 Å². The number of fused-ring (bicyclic) bond motifs is 1. The monoisotopic (exact) mass is 487 g/mol. The summed E-state index contributed by atoms with van der Waals surface area (Å²) < 4.78 is 20.7. The van der Waals surface area contributed by atoms with Gasteiger partial charge in [-0.2, -0.15) is 5.10 Å². The second kappa shape index (κ2) is 9.26. The maximum absolute atomic E-state index is 13.8. The smallest absolute Gasteiger partial charge is 0.272 e. The van der Waals surface area contributed by atoms with E-state index in [0.717, 1.165) is 22.7 Å². The number of aromatic nitrogens is 3. The highest BCUT2D eigenvalue weighted by molar-refractivity contribution is 5.94. The van der Waals surface area contributed by atoms with Gasteiger partial charge in [0, 0.05) is 43.2 Å². The quantitative estimate of drug-likeness (QED) is 0.414. The van der Waals surface area contributed by atoms with Crippen molar-refractivity contribution < 1.29 is 13.9 Å². The van der Waals surface area contributed by atoms with E-state index in [1.807, 2.05) is 35.2 Å². The van der Waals surface area contributed by atoms with Gasteiger partial charge in [0.05, 0.1) is 24.2 Å². The molecule has 0 N–H and O–H groups in total. The Bertz CT molecular complexity index is 1400. The van der Waals surface area contributed by atoms with E-state index in [0.29, 0.717) is 43.2 Å². The fourth-order valence-corrected chi connectivity index (χ4v) is 4.47. The topological polar surface area (TPSA) is 63.0 Å². The Balaban J connectivity index is 1.48. The number of para-hydroxylation sites is 2. The molecule has 1 saturated heterocycles. The molecule has 0 radical (unpaired) electrons. The Labute approximate surface area is 210 Å². The summed E-state index contributed by atoms with van der Waals surface area (Å²) in [7, 11) is 1.67. The molecule has 0 saturated carbocycles. The molecular formula is C28H30FN5O2. The standard InChI is InChI=1S/C28H30FN5O2/c1-28(2,3)25-18-26-30-21(19-9-11-20(29)12-10-19)17-23(34(26)31-25)27(35)33-15-13-32(14-16-33)22-7-5-6-8-24(22)36-4/h5-12,17-18H,13-16H2,1-4H3. The fourth-order valence-electron chi connectivity index (χ4n) is 4.47. The molecule has 7 nitrogen and oxygen atoms in total. The van der Waals surface area contributed by atoms with Crippen LogP contribution in [0.4, 0.5) is 10.1 Å². The van der Waals surface area contributed by atoms with E-state index >= 15 is 0 Å². The van der Waals surface area contributed by atoms with Crippen LogP contribution in [-0.2, 0) is 5.41 Å². The van der Waals surface area contributed by atoms with Gasteiger partial charge >= 0.3 is 0 Å². The predicted molar refractivity (Wildman–Crippen MR) is 138 cm³/mol. The summed E-state index contributed by atoms with van der Waals surface area (Å²) in [5, 5.41) is 4.75. The number of methoxy groups -OCH3 is 1. The summed E-state index contributed by atoms with van der Waals surface area (Å²) in [5.74, 6) is 0.403. The Morgan fingerprint density at radius 2 is 1.67 bits per heavy atom. The number of ether oxygens (including phenoxy) is 1. The van der Waals surface area contributed by atoms with Crippen LogP contribution in [0.1, 0.15) is 37.0 Å². The van der Waals surface area contributed by atoms with E-state index < -0.39 is 0 Å². The van der Waals surface area contributed by atoms with E-state index in [1.54, 1.807) is 29.8 Å². The van der Waals surface area contributed by atoms with Crippen LogP contribution < -0.4 is 9.64 Å². The van der Waals surface area contributed by atoms with Gasteiger partial charge in [-0.3, -0.25) is 4.79 Å². The average Bonchev–Trinajstić information content (AvgIpc) is 3.33. The summed E-state index contributed by atoms with van der Waals surface area (Å²) in [5.41, 5.74) is 4.06. The third kappa shape index (κ3) is 4.51. The molecule has 36 heavy (non-hydrogen) atoms. The number of amides is 1. The maximum atomic E-state index is 13.8. The van der Waals surface area contributed by atoms with Crippen molar-refractivity contribution >= 4 is 17.2 Å². The lowest BCUT2D eigenvalue weighted by atomic mass is 9.93. The molecule has 3 heterocycles. The third-order valence-corrected chi connectivity index (χ3v) is 6.55. The highest BCUT2D eigenvalue weighted by Crippen LogP contribution is 2.29. The van der Waals surface area contributed by atoms with Crippen LogP contribution in [0.25, 0.3) is 16.9 Å². The molecule has 5 rings (SSSR count). The van der Waals surface area contributed by atoms with E-state index in [9.17, 15) is 9.18 Å². The van der Waals surface area contributed by atoms with Crippen LogP contribution in [-0.4, -0.2) is 58.7 Å². The molecule has 8 heteroatoms. The zero-order valence-electron chi connectivity index (χ0n) is 21.0. The second-order valence-corrected chi connectivity index (χ2v) is 10.0. The molecule has 1 amide bonds. The molecule has 186 valence electrons. The average molecular weight is 488 g/mol. The summed E-state index contributed by atoms with van der Waals surface area (Å²) in [4.78, 5) is 22.7. The molecule has 2 aromatic heterocycles. The molecule has 4 aromatic rings. The lowest BCUT2D eigenvalue weighted by Crippen LogP contribution is -2.49. The lowest BCUT2D eigenvalue weighted by molar-refractivity contribution is 0.0737. The summed E-state index contributed by atoms with van der Waals surface area (Å²) in [6, 6.07) is 17.8. The highest BCUT2D eigenvalue weighted by Gasteiger charge is 2.27.